The van der Waals surface area contributed by atoms with Crippen LogP contribution in [0.5, 0.6) is 0 Å². The first-order valence-electron chi connectivity index (χ1n) is 12.1. The van der Waals surface area contributed by atoms with Crippen molar-refractivity contribution in [3.63, 3.8) is 0 Å². The largest absolute Gasteiger partial charge is 0.356 e. The second-order valence-electron chi connectivity index (χ2n) is 9.32. The third-order valence-corrected chi connectivity index (χ3v) is 8.22. The normalized spacial score (nSPS) is 25.3. The van der Waals surface area contributed by atoms with Crippen LogP contribution in [0.1, 0.15) is 62.6 Å². The van der Waals surface area contributed by atoms with E-state index < -0.39 is 0 Å². The Balaban J connectivity index is 1.14. The van der Waals surface area contributed by atoms with Crippen molar-refractivity contribution in [2.24, 2.45) is 10.9 Å². The van der Waals surface area contributed by atoms with Crippen LogP contribution in [0.25, 0.3) is 0 Å². The molecule has 0 radical (unpaired) electrons. The number of piperidine rings is 1. The Morgan fingerprint density at radius 3 is 2.67 bits per heavy atom. The molecule has 0 spiro atoms. The minimum absolute atomic E-state index is 0.546. The number of aryl methyl sites for hydroxylation is 1. The van der Waals surface area contributed by atoms with Crippen molar-refractivity contribution in [3.8, 4) is 0 Å². The van der Waals surface area contributed by atoms with Gasteiger partial charge in [0.1, 0.15) is 0 Å². The van der Waals surface area contributed by atoms with Crippen LogP contribution >= 0.6 is 11.3 Å². The zero-order valence-electron chi connectivity index (χ0n) is 18.9. The van der Waals surface area contributed by atoms with Crippen molar-refractivity contribution in [1.29, 1.82) is 0 Å². The number of rotatable bonds is 7. The number of aliphatic imine (C=N–C) groups is 1. The maximum atomic E-state index is 4.73. The lowest BCUT2D eigenvalue weighted by Crippen LogP contribution is -2.47. The molecule has 2 saturated heterocycles. The molecule has 3 aliphatic rings. The van der Waals surface area contributed by atoms with Crippen molar-refractivity contribution in [2.75, 3.05) is 39.8 Å². The van der Waals surface area contributed by atoms with Crippen LogP contribution < -0.4 is 10.6 Å². The van der Waals surface area contributed by atoms with E-state index in [4.69, 9.17) is 4.98 Å². The number of nitrogens with zero attached hydrogens (tertiary/aromatic N) is 4. The fourth-order valence-corrected chi connectivity index (χ4v) is 6.03. The van der Waals surface area contributed by atoms with Gasteiger partial charge < -0.3 is 10.6 Å². The lowest BCUT2D eigenvalue weighted by atomic mass is 9.97. The predicted octanol–water partition coefficient (Wildman–Crippen LogP) is 3.10. The lowest BCUT2D eigenvalue weighted by molar-refractivity contribution is 0.176. The quantitative estimate of drug-likeness (QED) is 0.512. The van der Waals surface area contributed by atoms with Gasteiger partial charge in [-0.2, -0.15) is 0 Å². The second kappa shape index (κ2) is 10.9. The SMILES string of the molecule is CCc1nc(CN2CCC(CNC(=NC)NC3CCN(C4CCCC4)C3)CC2)cs1. The fraction of sp³-hybridized carbons (Fsp3) is 0.826. The van der Waals surface area contributed by atoms with Crippen LogP contribution in [0.15, 0.2) is 10.4 Å². The summed E-state index contributed by atoms with van der Waals surface area (Å²) >= 11 is 1.80. The highest BCUT2D eigenvalue weighted by Crippen LogP contribution is 2.26. The molecule has 1 unspecified atom stereocenters. The fourth-order valence-electron chi connectivity index (χ4n) is 5.30. The van der Waals surface area contributed by atoms with Gasteiger partial charge in [0.05, 0.1) is 10.7 Å². The summed E-state index contributed by atoms with van der Waals surface area (Å²) in [5, 5.41) is 10.8. The molecule has 1 saturated carbocycles. The van der Waals surface area contributed by atoms with E-state index in [9.17, 15) is 0 Å². The molecule has 2 aliphatic heterocycles. The van der Waals surface area contributed by atoms with Gasteiger partial charge in [-0.25, -0.2) is 4.98 Å². The minimum Gasteiger partial charge on any atom is -0.356 e. The number of nitrogens with one attached hydrogen (secondary N) is 2. The Morgan fingerprint density at radius 1 is 1.17 bits per heavy atom. The van der Waals surface area contributed by atoms with Gasteiger partial charge in [0.15, 0.2) is 5.96 Å². The molecule has 1 aromatic rings. The molecule has 3 fully saturated rings. The summed E-state index contributed by atoms with van der Waals surface area (Å²) in [7, 11) is 1.90. The topological polar surface area (TPSA) is 55.8 Å². The highest BCUT2D eigenvalue weighted by Gasteiger charge is 2.30. The molecule has 30 heavy (non-hydrogen) atoms. The molecule has 0 amide bonds. The number of likely N-dealkylation sites (tertiary alicyclic amines) is 2. The Kier molecular flexibility index (Phi) is 8.01. The summed E-state index contributed by atoms with van der Waals surface area (Å²) in [6.45, 7) is 9.01. The first-order chi connectivity index (χ1) is 14.7. The van der Waals surface area contributed by atoms with Crippen LogP contribution in [-0.2, 0) is 13.0 Å². The molecule has 168 valence electrons. The molecular weight excluding hydrogens is 392 g/mol. The van der Waals surface area contributed by atoms with E-state index in [0.717, 1.165) is 37.4 Å². The van der Waals surface area contributed by atoms with Crippen LogP contribution in [0.3, 0.4) is 0 Å². The van der Waals surface area contributed by atoms with Gasteiger partial charge in [-0.3, -0.25) is 14.8 Å². The van der Waals surface area contributed by atoms with Gasteiger partial charge in [0.2, 0.25) is 0 Å². The number of hydrogen-bond donors (Lipinski definition) is 2. The van der Waals surface area contributed by atoms with Crippen molar-refractivity contribution in [1.82, 2.24) is 25.4 Å². The van der Waals surface area contributed by atoms with Gasteiger partial charge in [-0.05, 0) is 57.5 Å². The van der Waals surface area contributed by atoms with E-state index in [2.05, 4.69) is 37.7 Å². The smallest absolute Gasteiger partial charge is 0.191 e. The van der Waals surface area contributed by atoms with E-state index in [-0.39, 0.29) is 0 Å². The Morgan fingerprint density at radius 2 is 1.97 bits per heavy atom. The average molecular weight is 433 g/mol. The zero-order valence-corrected chi connectivity index (χ0v) is 19.7. The molecule has 1 aromatic heterocycles. The Bertz CT molecular complexity index is 675. The maximum absolute atomic E-state index is 4.73. The molecule has 1 atom stereocenters. The molecule has 0 bridgehead atoms. The molecule has 6 nitrogen and oxygen atoms in total. The molecule has 3 heterocycles. The molecule has 1 aliphatic carbocycles. The lowest BCUT2D eigenvalue weighted by Gasteiger charge is -2.32. The van der Waals surface area contributed by atoms with Crippen molar-refractivity contribution < 1.29 is 0 Å². The van der Waals surface area contributed by atoms with Gasteiger partial charge in [-0.1, -0.05) is 19.8 Å². The molecule has 2 N–H and O–H groups in total. The van der Waals surface area contributed by atoms with E-state index in [1.54, 1.807) is 11.3 Å². The van der Waals surface area contributed by atoms with Crippen LogP contribution in [0.2, 0.25) is 0 Å². The third-order valence-electron chi connectivity index (χ3n) is 7.18. The molecular formula is C23H40N6S. The molecule has 7 heteroatoms. The van der Waals surface area contributed by atoms with E-state index in [0.29, 0.717) is 6.04 Å². The van der Waals surface area contributed by atoms with E-state index in [1.807, 2.05) is 7.05 Å². The van der Waals surface area contributed by atoms with Crippen LogP contribution in [0, 0.1) is 5.92 Å². The summed E-state index contributed by atoms with van der Waals surface area (Å²) in [5.74, 6) is 1.73. The first kappa shape index (κ1) is 22.0. The Hall–Kier alpha value is -1.18. The predicted molar refractivity (Wildman–Crippen MR) is 126 cm³/mol. The van der Waals surface area contributed by atoms with Crippen molar-refractivity contribution in [2.45, 2.75) is 76.9 Å². The molecule has 0 aromatic carbocycles. The minimum atomic E-state index is 0.546. The van der Waals surface area contributed by atoms with Gasteiger partial charge in [0.25, 0.3) is 0 Å². The second-order valence-corrected chi connectivity index (χ2v) is 10.3. The summed E-state index contributed by atoms with van der Waals surface area (Å²) in [5.41, 5.74) is 1.25. The number of guanidine groups is 1. The number of aromatic nitrogens is 1. The number of hydrogen-bond acceptors (Lipinski definition) is 5. The Labute approximate surface area is 186 Å². The zero-order chi connectivity index (χ0) is 20.8. The number of thiazole rings is 1. The van der Waals surface area contributed by atoms with E-state index in [1.165, 1.54) is 81.8 Å². The monoisotopic (exact) mass is 432 g/mol. The van der Waals surface area contributed by atoms with Gasteiger partial charge >= 0.3 is 0 Å². The highest BCUT2D eigenvalue weighted by atomic mass is 32.1. The van der Waals surface area contributed by atoms with Crippen LogP contribution in [0.4, 0.5) is 0 Å². The summed E-state index contributed by atoms with van der Waals surface area (Å²) < 4.78 is 0. The van der Waals surface area contributed by atoms with E-state index >= 15 is 0 Å². The standard InChI is InChI=1S/C23H40N6S/c1-3-22-26-20(17-30-22)15-28-11-8-18(9-12-28)14-25-23(24-2)27-19-10-13-29(16-19)21-6-4-5-7-21/h17-19,21H,3-16H2,1-2H3,(H2,24,25,27). The summed E-state index contributed by atoms with van der Waals surface area (Å²) in [6.07, 6.45) is 10.5. The van der Waals surface area contributed by atoms with Crippen molar-refractivity contribution >= 4 is 17.3 Å². The van der Waals surface area contributed by atoms with Crippen molar-refractivity contribution in [3.05, 3.63) is 16.1 Å². The highest BCUT2D eigenvalue weighted by molar-refractivity contribution is 7.09. The maximum Gasteiger partial charge on any atom is 0.191 e. The summed E-state index contributed by atoms with van der Waals surface area (Å²) in [4.78, 5) is 14.5. The average Bonchev–Trinajstić information content (AvgIpc) is 3.53. The molecule has 4 rings (SSSR count). The third kappa shape index (κ3) is 5.95. The van der Waals surface area contributed by atoms with Crippen LogP contribution in [-0.4, -0.2) is 72.6 Å². The van der Waals surface area contributed by atoms with Gasteiger partial charge in [0, 0.05) is 50.7 Å². The first-order valence-corrected chi connectivity index (χ1v) is 13.0. The summed E-state index contributed by atoms with van der Waals surface area (Å²) in [6, 6.07) is 1.39. The van der Waals surface area contributed by atoms with Gasteiger partial charge in [-0.15, -0.1) is 11.3 Å².